The molecule has 0 bridgehead atoms. The lowest BCUT2D eigenvalue weighted by atomic mass is 9.94. The van der Waals surface area contributed by atoms with Crippen LogP contribution in [-0.2, 0) is 17.8 Å². The Balaban J connectivity index is 0.000000712. The SMILES string of the molecule is C#C.CC.CCC.Nc1cc(CN2CCC(C(=O)N3CCCCC3)CC2)ccn1.ONCCCc1ccc(Cl)cc1. The normalized spacial score (nSPS) is 14.9. The standard InChI is InChI=1S/C17H26N4O.C9H12ClNO.C3H8.C2H6.C2H2/c18-16-12-14(4-7-19-16)13-20-10-5-15(6-11-20)17(22)21-8-2-1-3-9-21;10-9-5-3-8(4-6-9)2-1-7-11-12;1-3-2;2*1-2/h4,7,12,15H,1-3,5-6,8-11,13H2,(H2,18,19);3-6,11-12H,1-2,7H2;3H2,1-2H3;1-2H3;1-2H. The minimum atomic E-state index is 0.233. The largest absolute Gasteiger partial charge is 0.384 e. The molecule has 2 aromatic rings. The number of hydrogen-bond donors (Lipinski definition) is 3. The molecule has 4 N–H and O–H groups in total. The number of carbonyl (C=O) groups is 1. The number of nitrogens with one attached hydrogen (secondary N) is 1. The molecule has 0 spiro atoms. The summed E-state index contributed by atoms with van der Waals surface area (Å²) in [6.07, 6.45) is 18.5. The Labute approximate surface area is 254 Å². The van der Waals surface area contributed by atoms with Crippen molar-refractivity contribution in [3.63, 3.8) is 0 Å². The molecule has 1 aromatic carbocycles. The minimum Gasteiger partial charge on any atom is -0.384 e. The molecule has 2 aliphatic heterocycles. The van der Waals surface area contributed by atoms with Crippen molar-refractivity contribution in [3.05, 3.63) is 58.7 Å². The maximum absolute atomic E-state index is 12.5. The van der Waals surface area contributed by atoms with Crippen molar-refractivity contribution in [2.24, 2.45) is 5.92 Å². The fourth-order valence-corrected chi connectivity index (χ4v) is 4.71. The summed E-state index contributed by atoms with van der Waals surface area (Å²) in [6, 6.07) is 11.7. The molecule has 0 atom stereocenters. The van der Waals surface area contributed by atoms with Gasteiger partial charge < -0.3 is 15.8 Å². The van der Waals surface area contributed by atoms with E-state index in [0.29, 0.717) is 18.3 Å². The number of aromatic nitrogens is 1. The lowest BCUT2D eigenvalue weighted by molar-refractivity contribution is -0.138. The second-order valence-electron chi connectivity index (χ2n) is 9.87. The molecule has 0 aliphatic carbocycles. The first-order valence-electron chi connectivity index (χ1n) is 15.1. The zero-order valence-corrected chi connectivity index (χ0v) is 26.6. The summed E-state index contributed by atoms with van der Waals surface area (Å²) in [5, 5.41) is 9.08. The first kappa shape index (κ1) is 38.4. The van der Waals surface area contributed by atoms with Gasteiger partial charge in [0, 0.05) is 43.3 Å². The van der Waals surface area contributed by atoms with Gasteiger partial charge in [-0.2, -0.15) is 0 Å². The maximum atomic E-state index is 12.5. The van der Waals surface area contributed by atoms with Crippen LogP contribution < -0.4 is 11.2 Å². The number of piperidine rings is 2. The topological polar surface area (TPSA) is 94.7 Å². The van der Waals surface area contributed by atoms with Crippen LogP contribution >= 0.6 is 11.6 Å². The molecular formula is C33H54ClN5O2. The van der Waals surface area contributed by atoms with Crippen molar-refractivity contribution in [1.82, 2.24) is 20.3 Å². The van der Waals surface area contributed by atoms with Crippen LogP contribution in [0.25, 0.3) is 0 Å². The average molecular weight is 588 g/mol. The third-order valence-corrected chi connectivity index (χ3v) is 6.78. The molecular weight excluding hydrogens is 534 g/mol. The Morgan fingerprint density at radius 2 is 1.61 bits per heavy atom. The van der Waals surface area contributed by atoms with Crippen molar-refractivity contribution in [2.75, 3.05) is 38.5 Å². The van der Waals surface area contributed by atoms with Crippen molar-refractivity contribution in [2.45, 2.75) is 85.6 Å². The predicted octanol–water partition coefficient (Wildman–Crippen LogP) is 6.83. The number of anilines is 1. The highest BCUT2D eigenvalue weighted by Crippen LogP contribution is 2.23. The van der Waals surface area contributed by atoms with Gasteiger partial charge in [0.15, 0.2) is 0 Å². The van der Waals surface area contributed by atoms with Crippen LogP contribution in [0.15, 0.2) is 42.6 Å². The first-order chi connectivity index (χ1) is 20.0. The molecule has 0 saturated carbocycles. The number of nitrogen functional groups attached to an aromatic ring is 1. The summed E-state index contributed by atoms with van der Waals surface area (Å²) in [7, 11) is 0. The van der Waals surface area contributed by atoms with E-state index in [2.05, 4.69) is 47.0 Å². The van der Waals surface area contributed by atoms with Crippen LogP contribution in [0.4, 0.5) is 5.82 Å². The van der Waals surface area contributed by atoms with Gasteiger partial charge in [-0.15, -0.1) is 12.8 Å². The molecule has 1 amide bonds. The minimum absolute atomic E-state index is 0.233. The number of pyridine rings is 1. The van der Waals surface area contributed by atoms with Crippen molar-refractivity contribution < 1.29 is 10.0 Å². The number of aryl methyl sites for hydroxylation is 1. The second kappa shape index (κ2) is 25.1. The van der Waals surface area contributed by atoms with Gasteiger partial charge in [0.2, 0.25) is 5.91 Å². The summed E-state index contributed by atoms with van der Waals surface area (Å²) >= 11 is 5.72. The van der Waals surface area contributed by atoms with E-state index in [0.717, 1.165) is 63.4 Å². The van der Waals surface area contributed by atoms with Crippen LogP contribution in [0.1, 0.15) is 83.8 Å². The molecule has 2 saturated heterocycles. The van der Waals surface area contributed by atoms with Crippen LogP contribution in [0.3, 0.4) is 0 Å². The first-order valence-corrected chi connectivity index (χ1v) is 15.5. The number of likely N-dealkylation sites (tertiary alicyclic amines) is 2. The number of halogens is 1. The van der Waals surface area contributed by atoms with Gasteiger partial charge in [-0.1, -0.05) is 57.8 Å². The van der Waals surface area contributed by atoms with Crippen LogP contribution in [0, 0.1) is 18.8 Å². The smallest absolute Gasteiger partial charge is 0.225 e. The van der Waals surface area contributed by atoms with E-state index in [9.17, 15) is 4.79 Å². The summed E-state index contributed by atoms with van der Waals surface area (Å²) in [5.41, 5.74) is 10.3. The van der Waals surface area contributed by atoms with Crippen LogP contribution in [-0.4, -0.2) is 58.6 Å². The molecule has 230 valence electrons. The number of rotatable bonds is 7. The lowest BCUT2D eigenvalue weighted by Gasteiger charge is -2.35. The van der Waals surface area contributed by atoms with E-state index in [1.807, 2.05) is 50.2 Å². The van der Waals surface area contributed by atoms with E-state index < -0.39 is 0 Å². The number of nitrogens with zero attached hydrogens (tertiary/aromatic N) is 3. The van der Waals surface area contributed by atoms with Crippen LogP contribution in [0.2, 0.25) is 5.02 Å². The van der Waals surface area contributed by atoms with E-state index in [1.165, 1.54) is 36.8 Å². The van der Waals surface area contributed by atoms with Gasteiger partial charge in [0.05, 0.1) is 0 Å². The molecule has 0 unspecified atom stereocenters. The fourth-order valence-electron chi connectivity index (χ4n) is 4.58. The number of benzene rings is 1. The van der Waals surface area contributed by atoms with Gasteiger partial charge in [0.1, 0.15) is 5.82 Å². The number of nitrogens with two attached hydrogens (primary N) is 1. The lowest BCUT2D eigenvalue weighted by Crippen LogP contribution is -2.44. The number of terminal acetylenes is 1. The van der Waals surface area contributed by atoms with Gasteiger partial charge in [0.25, 0.3) is 0 Å². The molecule has 41 heavy (non-hydrogen) atoms. The summed E-state index contributed by atoms with van der Waals surface area (Å²) in [5.74, 6) is 1.21. The fraction of sp³-hybridized carbons (Fsp3) is 0.576. The van der Waals surface area contributed by atoms with Crippen LogP contribution in [0.5, 0.6) is 0 Å². The molecule has 4 rings (SSSR count). The summed E-state index contributed by atoms with van der Waals surface area (Å²) in [6.45, 7) is 13.7. The summed E-state index contributed by atoms with van der Waals surface area (Å²) < 4.78 is 0. The Kier molecular flexibility index (Phi) is 23.5. The molecule has 2 fully saturated rings. The van der Waals surface area contributed by atoms with E-state index in [1.54, 1.807) is 6.20 Å². The number of hydroxylamine groups is 1. The number of hydrogen-bond acceptors (Lipinski definition) is 6. The predicted molar refractivity (Wildman–Crippen MR) is 174 cm³/mol. The monoisotopic (exact) mass is 587 g/mol. The van der Waals surface area contributed by atoms with Gasteiger partial charge in [-0.3, -0.25) is 9.69 Å². The third-order valence-electron chi connectivity index (χ3n) is 6.52. The van der Waals surface area contributed by atoms with Crippen molar-refractivity contribution >= 4 is 23.3 Å². The molecule has 8 heteroatoms. The summed E-state index contributed by atoms with van der Waals surface area (Å²) in [4.78, 5) is 21.1. The van der Waals surface area contributed by atoms with E-state index >= 15 is 0 Å². The third kappa shape index (κ3) is 17.0. The highest BCUT2D eigenvalue weighted by atomic mass is 35.5. The molecule has 3 heterocycles. The average Bonchev–Trinajstić information content (AvgIpc) is 3.02. The van der Waals surface area contributed by atoms with E-state index in [4.69, 9.17) is 22.5 Å². The Morgan fingerprint density at radius 1 is 1.02 bits per heavy atom. The molecule has 7 nitrogen and oxygen atoms in total. The zero-order valence-electron chi connectivity index (χ0n) is 25.8. The Hall–Kier alpha value is -2.63. The van der Waals surface area contributed by atoms with Crippen molar-refractivity contribution in [3.8, 4) is 12.8 Å². The second-order valence-corrected chi connectivity index (χ2v) is 10.3. The van der Waals surface area contributed by atoms with Crippen molar-refractivity contribution in [1.29, 1.82) is 0 Å². The molecule has 1 aromatic heterocycles. The highest BCUT2D eigenvalue weighted by molar-refractivity contribution is 6.30. The van der Waals surface area contributed by atoms with E-state index in [-0.39, 0.29) is 5.92 Å². The maximum Gasteiger partial charge on any atom is 0.225 e. The molecule has 0 radical (unpaired) electrons. The zero-order chi connectivity index (χ0) is 30.9. The Morgan fingerprint density at radius 3 is 2.15 bits per heavy atom. The van der Waals surface area contributed by atoms with Gasteiger partial charge in [-0.05, 0) is 93.4 Å². The number of carbonyl (C=O) groups excluding carboxylic acids is 1. The highest BCUT2D eigenvalue weighted by Gasteiger charge is 2.29. The molecule has 2 aliphatic rings. The Bertz CT molecular complexity index is 925. The quantitative estimate of drug-likeness (QED) is 0.187. The van der Waals surface area contributed by atoms with Gasteiger partial charge in [-0.25, -0.2) is 10.5 Å². The number of amides is 1. The van der Waals surface area contributed by atoms with Gasteiger partial charge >= 0.3 is 0 Å².